The van der Waals surface area contributed by atoms with E-state index in [1.54, 1.807) is 0 Å². The first kappa shape index (κ1) is 9.60. The first-order valence-electron chi connectivity index (χ1n) is 2.78. The summed E-state index contributed by atoms with van der Waals surface area (Å²) in [7, 11) is 1.51. The first-order chi connectivity index (χ1) is 4.41. The Morgan fingerprint density at radius 3 is 2.78 bits per heavy atom. The van der Waals surface area contributed by atoms with Gasteiger partial charge in [0, 0.05) is 34.2 Å². The Bertz CT molecular complexity index is 105. The molecule has 0 atom stereocenters. The summed E-state index contributed by atoms with van der Waals surface area (Å²) in [6.45, 7) is 0.291. The van der Waals surface area contributed by atoms with Gasteiger partial charge in [0.2, 0.25) is 0 Å². The fraction of sp³-hybridized carbons (Fsp3) is 0.667. The Balaban J connectivity index is 2.90. The van der Waals surface area contributed by atoms with E-state index in [0.29, 0.717) is 6.61 Å². The third-order valence-corrected chi connectivity index (χ3v) is 1.70. The average molecular weight is 256 g/mol. The number of aliphatic hydroxyl groups is 1. The Morgan fingerprint density at radius 2 is 2.22 bits per heavy atom. The van der Waals surface area contributed by atoms with E-state index in [0.717, 1.165) is 19.3 Å². The Labute approximate surface area is 72.2 Å². The van der Waals surface area contributed by atoms with Crippen LogP contribution in [0.25, 0.3) is 0 Å². The van der Waals surface area contributed by atoms with Gasteiger partial charge in [0.15, 0.2) is 0 Å². The normalized spacial score (nSPS) is 8.22. The molecule has 0 aliphatic heterocycles. The Kier molecular flexibility index (Phi) is 9.17. The molecule has 0 amide bonds. The number of hydrogen-bond acceptors (Lipinski definition) is 2. The summed E-state index contributed by atoms with van der Waals surface area (Å²) in [5.41, 5.74) is 0. The van der Waals surface area contributed by atoms with Gasteiger partial charge in [-0.2, -0.15) is 0 Å². The second-order valence-corrected chi connectivity index (χ2v) is 3.22. The molecular formula is C6H9IOS. The van der Waals surface area contributed by atoms with E-state index >= 15 is 0 Å². The molecule has 0 saturated heterocycles. The lowest BCUT2D eigenvalue weighted by Crippen LogP contribution is -1.79. The van der Waals surface area contributed by atoms with Gasteiger partial charge in [0.25, 0.3) is 0 Å². The summed E-state index contributed by atoms with van der Waals surface area (Å²) in [5.74, 6) is 2.96. The fourth-order valence-corrected chi connectivity index (χ4v) is 1.03. The summed E-state index contributed by atoms with van der Waals surface area (Å²) in [6.07, 6.45) is 2.80. The molecule has 0 spiro atoms. The molecule has 1 nitrogen and oxygen atoms in total. The smallest absolute Gasteiger partial charge is 0.0431 e. The molecule has 0 aromatic heterocycles. The van der Waals surface area contributed by atoms with Crippen molar-refractivity contribution in [1.29, 1.82) is 0 Å². The maximum Gasteiger partial charge on any atom is 0.0431 e. The average Bonchev–Trinajstić information content (AvgIpc) is 1.89. The minimum atomic E-state index is 0.291. The molecule has 0 aliphatic rings. The summed E-state index contributed by atoms with van der Waals surface area (Å²) in [5, 5.41) is 11.2. The van der Waals surface area contributed by atoms with Crippen LogP contribution in [0.15, 0.2) is 0 Å². The van der Waals surface area contributed by atoms with E-state index in [4.69, 9.17) is 5.11 Å². The van der Waals surface area contributed by atoms with Crippen LogP contribution in [0.1, 0.15) is 19.3 Å². The van der Waals surface area contributed by atoms with Gasteiger partial charge in [-0.15, -0.1) is 0 Å². The number of hydrogen-bond donors (Lipinski definition) is 1. The molecule has 0 unspecified atom stereocenters. The van der Waals surface area contributed by atoms with Crippen molar-refractivity contribution in [3.63, 3.8) is 0 Å². The molecule has 1 N–H and O–H groups in total. The molecule has 0 fully saturated rings. The third-order valence-electron chi connectivity index (χ3n) is 0.821. The molecule has 0 rings (SSSR count). The highest BCUT2D eigenvalue weighted by Gasteiger charge is 1.80. The van der Waals surface area contributed by atoms with Crippen molar-refractivity contribution in [1.82, 2.24) is 0 Å². The summed E-state index contributed by atoms with van der Waals surface area (Å²) >= 11 is 2.14. The summed E-state index contributed by atoms with van der Waals surface area (Å²) in [4.78, 5) is 0. The topological polar surface area (TPSA) is 20.2 Å². The minimum absolute atomic E-state index is 0.291. The van der Waals surface area contributed by atoms with Crippen molar-refractivity contribution in [3.05, 3.63) is 0 Å². The second kappa shape index (κ2) is 8.60. The minimum Gasteiger partial charge on any atom is -0.396 e. The maximum atomic E-state index is 8.37. The van der Waals surface area contributed by atoms with Crippen molar-refractivity contribution >= 4 is 30.1 Å². The summed E-state index contributed by atoms with van der Waals surface area (Å²) in [6, 6.07) is 0. The molecule has 52 valence electrons. The quantitative estimate of drug-likeness (QED) is 0.474. The molecule has 0 bridgehead atoms. The fourth-order valence-electron chi connectivity index (χ4n) is 0.404. The van der Waals surface area contributed by atoms with Crippen molar-refractivity contribution in [2.24, 2.45) is 0 Å². The van der Waals surface area contributed by atoms with Gasteiger partial charge in [-0.05, 0) is 27.0 Å². The lowest BCUT2D eigenvalue weighted by Gasteiger charge is -1.86. The number of rotatable bonds is 3. The molecular weight excluding hydrogens is 247 g/mol. The van der Waals surface area contributed by atoms with Crippen molar-refractivity contribution in [2.75, 3.05) is 6.61 Å². The highest BCUT2D eigenvalue weighted by Crippen LogP contribution is 2.07. The molecule has 0 saturated carbocycles. The van der Waals surface area contributed by atoms with Gasteiger partial charge in [0.05, 0.1) is 0 Å². The van der Waals surface area contributed by atoms with E-state index in [9.17, 15) is 0 Å². The standard InChI is InChI=1S/C6H9IOS/c7-9-6-4-2-1-3-5-8/h8H,1-3,5H2. The number of unbranched alkanes of at least 4 members (excludes halogenated alkanes) is 2. The lowest BCUT2D eigenvalue weighted by atomic mass is 10.2. The van der Waals surface area contributed by atoms with Crippen LogP contribution >= 0.6 is 30.1 Å². The van der Waals surface area contributed by atoms with Gasteiger partial charge in [-0.3, -0.25) is 0 Å². The van der Waals surface area contributed by atoms with Gasteiger partial charge in [-0.25, -0.2) is 0 Å². The van der Waals surface area contributed by atoms with E-state index < -0.39 is 0 Å². The number of halogens is 1. The zero-order valence-electron chi connectivity index (χ0n) is 5.06. The predicted molar refractivity (Wildman–Crippen MR) is 50.3 cm³/mol. The molecule has 0 aliphatic carbocycles. The van der Waals surface area contributed by atoms with Crippen molar-refractivity contribution in [2.45, 2.75) is 19.3 Å². The highest BCUT2D eigenvalue weighted by atomic mass is 127. The van der Waals surface area contributed by atoms with Crippen LogP contribution in [0.3, 0.4) is 0 Å². The first-order valence-corrected chi connectivity index (χ1v) is 6.14. The lowest BCUT2D eigenvalue weighted by molar-refractivity contribution is 0.285. The van der Waals surface area contributed by atoms with Gasteiger partial charge < -0.3 is 5.11 Å². The summed E-state index contributed by atoms with van der Waals surface area (Å²) < 4.78 is 0. The van der Waals surface area contributed by atoms with Gasteiger partial charge >= 0.3 is 0 Å². The molecule has 0 heterocycles. The van der Waals surface area contributed by atoms with E-state index in [-0.39, 0.29) is 0 Å². The molecule has 0 radical (unpaired) electrons. The highest BCUT2D eigenvalue weighted by molar-refractivity contribution is 14.2. The van der Waals surface area contributed by atoms with Gasteiger partial charge in [0.1, 0.15) is 0 Å². The Hall–Kier alpha value is 0.600. The van der Waals surface area contributed by atoms with E-state index in [2.05, 4.69) is 32.4 Å². The molecule has 9 heavy (non-hydrogen) atoms. The maximum absolute atomic E-state index is 8.37. The Morgan fingerprint density at radius 1 is 1.44 bits per heavy atom. The van der Waals surface area contributed by atoms with Crippen LogP contribution in [0.5, 0.6) is 0 Å². The predicted octanol–water partition coefficient (Wildman–Crippen LogP) is 2.19. The van der Waals surface area contributed by atoms with Crippen LogP contribution in [0, 0.1) is 11.2 Å². The number of aliphatic hydroxyl groups excluding tert-OH is 1. The van der Waals surface area contributed by atoms with Crippen LogP contribution in [-0.4, -0.2) is 11.7 Å². The zero-order valence-corrected chi connectivity index (χ0v) is 8.04. The van der Waals surface area contributed by atoms with Crippen LogP contribution < -0.4 is 0 Å². The largest absolute Gasteiger partial charge is 0.396 e. The van der Waals surface area contributed by atoms with Gasteiger partial charge in [-0.1, -0.05) is 5.92 Å². The van der Waals surface area contributed by atoms with E-state index in [1.807, 2.05) is 0 Å². The molecule has 0 aromatic carbocycles. The van der Waals surface area contributed by atoms with Crippen LogP contribution in [-0.2, 0) is 0 Å². The van der Waals surface area contributed by atoms with Crippen LogP contribution in [0.4, 0.5) is 0 Å². The van der Waals surface area contributed by atoms with E-state index in [1.165, 1.54) is 8.93 Å². The second-order valence-electron chi connectivity index (χ2n) is 1.54. The monoisotopic (exact) mass is 256 g/mol. The SMILES string of the molecule is OCCCCC#CSI. The van der Waals surface area contributed by atoms with Crippen molar-refractivity contribution in [3.8, 4) is 11.2 Å². The van der Waals surface area contributed by atoms with Crippen molar-refractivity contribution < 1.29 is 5.11 Å². The third kappa shape index (κ3) is 8.60. The van der Waals surface area contributed by atoms with Crippen LogP contribution in [0.2, 0.25) is 0 Å². The molecule has 0 aromatic rings. The molecule has 3 heteroatoms. The zero-order chi connectivity index (χ0) is 6.95.